The van der Waals surface area contributed by atoms with E-state index in [0.717, 1.165) is 0 Å². The molecular weight excluding hydrogens is 212 g/mol. The molecule has 1 heterocycles. The van der Waals surface area contributed by atoms with Crippen LogP contribution in [-0.2, 0) is 12.5 Å². The van der Waals surface area contributed by atoms with Crippen LogP contribution in [-0.4, -0.2) is 32.5 Å². The number of aliphatic hydroxyl groups is 1. The number of nitrogens with two attached hydrogens (primary N) is 1. The molecule has 0 aromatic carbocycles. The van der Waals surface area contributed by atoms with E-state index in [4.69, 9.17) is 5.73 Å². The zero-order chi connectivity index (χ0) is 11.9. The third-order valence-electron chi connectivity index (χ3n) is 3.26. The van der Waals surface area contributed by atoms with Crippen LogP contribution in [0.1, 0.15) is 18.5 Å². The Bertz CT molecular complexity index is 422. The van der Waals surface area contributed by atoms with Crippen molar-refractivity contribution in [2.24, 2.45) is 12.8 Å². The fraction of sp³-hybridized carbons (Fsp3) is 0.667. The molecule has 7 heteroatoms. The van der Waals surface area contributed by atoms with Crippen LogP contribution >= 0.6 is 0 Å². The number of aryl methyl sites for hydroxylation is 1. The van der Waals surface area contributed by atoms with E-state index in [2.05, 4.69) is 5.10 Å². The Morgan fingerprint density at radius 2 is 2.44 bits per heavy atom. The van der Waals surface area contributed by atoms with Crippen LogP contribution in [0.5, 0.6) is 0 Å². The summed E-state index contributed by atoms with van der Waals surface area (Å²) in [6, 6.07) is 0. The largest absolute Gasteiger partial charge is 0.393 e. The summed E-state index contributed by atoms with van der Waals surface area (Å²) in [5.74, 6) is 0. The van der Waals surface area contributed by atoms with Crippen molar-refractivity contribution < 1.29 is 10.0 Å². The van der Waals surface area contributed by atoms with Gasteiger partial charge in [-0.15, -0.1) is 0 Å². The average Bonchev–Trinajstić information content (AvgIpc) is 2.55. The lowest BCUT2D eigenvalue weighted by Crippen LogP contribution is -2.51. The molecule has 3 N–H and O–H groups in total. The van der Waals surface area contributed by atoms with Crippen LogP contribution in [0, 0.1) is 10.1 Å². The van der Waals surface area contributed by atoms with Gasteiger partial charge >= 0.3 is 5.69 Å². The number of rotatable bonds is 3. The monoisotopic (exact) mass is 226 g/mol. The molecule has 1 fully saturated rings. The van der Waals surface area contributed by atoms with Gasteiger partial charge in [0.1, 0.15) is 11.9 Å². The third kappa shape index (κ3) is 1.40. The second kappa shape index (κ2) is 3.53. The molecule has 1 aromatic rings. The first-order valence-electron chi connectivity index (χ1n) is 5.05. The van der Waals surface area contributed by atoms with Crippen molar-refractivity contribution in [1.82, 2.24) is 9.78 Å². The van der Waals surface area contributed by atoms with Gasteiger partial charge in [0, 0.05) is 19.0 Å². The zero-order valence-corrected chi connectivity index (χ0v) is 8.96. The van der Waals surface area contributed by atoms with E-state index in [1.54, 1.807) is 7.05 Å². The Kier molecular flexibility index (Phi) is 2.43. The fourth-order valence-corrected chi connectivity index (χ4v) is 2.47. The lowest BCUT2D eigenvalue weighted by molar-refractivity contribution is -0.386. The van der Waals surface area contributed by atoms with Crippen molar-refractivity contribution in [1.29, 1.82) is 0 Å². The van der Waals surface area contributed by atoms with Crippen LogP contribution in [0.2, 0.25) is 0 Å². The van der Waals surface area contributed by atoms with Crippen molar-refractivity contribution in [2.45, 2.75) is 24.4 Å². The standard InChI is InChI=1S/C9H14N4O3/c1-12-8(7(4-11-12)13(15)16)9(5-10)2-6(14)3-9/h4,6,14H,2-3,5,10H2,1H3. The number of hydrogen-bond donors (Lipinski definition) is 2. The fourth-order valence-electron chi connectivity index (χ4n) is 2.47. The first-order chi connectivity index (χ1) is 7.50. The summed E-state index contributed by atoms with van der Waals surface area (Å²) in [7, 11) is 1.66. The van der Waals surface area contributed by atoms with Crippen molar-refractivity contribution in [3.63, 3.8) is 0 Å². The molecule has 1 saturated carbocycles. The second-order valence-electron chi connectivity index (χ2n) is 4.31. The van der Waals surface area contributed by atoms with Crippen LogP contribution in [0.15, 0.2) is 6.20 Å². The van der Waals surface area contributed by atoms with Gasteiger partial charge in [0.15, 0.2) is 0 Å². The molecule has 0 aliphatic heterocycles. The maximum absolute atomic E-state index is 10.9. The topological polar surface area (TPSA) is 107 Å². The van der Waals surface area contributed by atoms with Crippen molar-refractivity contribution >= 4 is 5.69 Å². The first kappa shape index (κ1) is 11.0. The summed E-state index contributed by atoms with van der Waals surface area (Å²) in [6.45, 7) is 0.282. The highest BCUT2D eigenvalue weighted by atomic mass is 16.6. The summed E-state index contributed by atoms with van der Waals surface area (Å²) < 4.78 is 1.48. The van der Waals surface area contributed by atoms with Crippen LogP contribution in [0.25, 0.3) is 0 Å². The normalized spacial score (nSPS) is 28.8. The molecule has 0 unspecified atom stereocenters. The van der Waals surface area contributed by atoms with Crippen LogP contribution in [0.4, 0.5) is 5.69 Å². The highest BCUT2D eigenvalue weighted by Gasteiger charge is 2.49. The van der Waals surface area contributed by atoms with Gasteiger partial charge in [-0.25, -0.2) is 0 Å². The van der Waals surface area contributed by atoms with E-state index in [1.165, 1.54) is 10.9 Å². The molecule has 1 aliphatic rings. The van der Waals surface area contributed by atoms with E-state index in [9.17, 15) is 15.2 Å². The van der Waals surface area contributed by atoms with E-state index in [-0.39, 0.29) is 12.2 Å². The highest BCUT2D eigenvalue weighted by molar-refractivity contribution is 5.41. The molecule has 1 aliphatic carbocycles. The van der Waals surface area contributed by atoms with Gasteiger partial charge < -0.3 is 10.8 Å². The van der Waals surface area contributed by atoms with E-state index < -0.39 is 16.4 Å². The Labute approximate surface area is 92.0 Å². The lowest BCUT2D eigenvalue weighted by Gasteiger charge is -2.43. The van der Waals surface area contributed by atoms with Crippen LogP contribution < -0.4 is 5.73 Å². The minimum atomic E-state index is -0.493. The lowest BCUT2D eigenvalue weighted by atomic mass is 9.64. The average molecular weight is 226 g/mol. The summed E-state index contributed by atoms with van der Waals surface area (Å²) in [5, 5.41) is 24.1. The predicted molar refractivity (Wildman–Crippen MR) is 55.8 cm³/mol. The summed E-state index contributed by atoms with van der Waals surface area (Å²) >= 11 is 0. The Hall–Kier alpha value is -1.47. The maximum atomic E-state index is 10.9. The van der Waals surface area contributed by atoms with Crippen molar-refractivity contribution in [3.05, 3.63) is 22.0 Å². The molecule has 2 rings (SSSR count). The SMILES string of the molecule is Cn1ncc([N+](=O)[O-])c1C1(CN)CC(O)C1. The first-order valence-corrected chi connectivity index (χ1v) is 5.05. The van der Waals surface area contributed by atoms with E-state index in [1.807, 2.05) is 0 Å². The van der Waals surface area contributed by atoms with E-state index >= 15 is 0 Å². The van der Waals surface area contributed by atoms with Gasteiger partial charge in [-0.05, 0) is 12.8 Å². The second-order valence-corrected chi connectivity index (χ2v) is 4.31. The molecule has 1 aromatic heterocycles. The molecule has 0 spiro atoms. The van der Waals surface area contributed by atoms with E-state index in [0.29, 0.717) is 18.5 Å². The van der Waals surface area contributed by atoms with Gasteiger partial charge in [0.25, 0.3) is 0 Å². The number of aromatic nitrogens is 2. The van der Waals surface area contributed by atoms with Gasteiger partial charge in [0.2, 0.25) is 0 Å². The molecule has 0 radical (unpaired) electrons. The molecule has 88 valence electrons. The number of nitrogens with zero attached hydrogens (tertiary/aromatic N) is 3. The zero-order valence-electron chi connectivity index (χ0n) is 8.96. The minimum Gasteiger partial charge on any atom is -0.393 e. The molecule has 0 bridgehead atoms. The summed E-state index contributed by atoms with van der Waals surface area (Å²) in [4.78, 5) is 10.4. The molecule has 7 nitrogen and oxygen atoms in total. The smallest absolute Gasteiger partial charge is 0.310 e. The summed E-state index contributed by atoms with van der Waals surface area (Å²) in [6.07, 6.45) is 1.74. The minimum absolute atomic E-state index is 0.0140. The van der Waals surface area contributed by atoms with Crippen molar-refractivity contribution in [2.75, 3.05) is 6.54 Å². The number of hydrogen-bond acceptors (Lipinski definition) is 5. The van der Waals surface area contributed by atoms with Gasteiger partial charge in [0.05, 0.1) is 11.0 Å². The number of nitro groups is 1. The Balaban J connectivity index is 2.46. The van der Waals surface area contributed by atoms with Gasteiger partial charge in [-0.3, -0.25) is 14.8 Å². The molecule has 0 saturated heterocycles. The van der Waals surface area contributed by atoms with Crippen molar-refractivity contribution in [3.8, 4) is 0 Å². The Morgan fingerprint density at radius 1 is 1.81 bits per heavy atom. The van der Waals surface area contributed by atoms with Gasteiger partial charge in [-0.1, -0.05) is 0 Å². The maximum Gasteiger partial charge on any atom is 0.310 e. The number of aliphatic hydroxyl groups excluding tert-OH is 1. The third-order valence-corrected chi connectivity index (χ3v) is 3.26. The quantitative estimate of drug-likeness (QED) is 0.542. The molecule has 16 heavy (non-hydrogen) atoms. The highest BCUT2D eigenvalue weighted by Crippen LogP contribution is 2.45. The van der Waals surface area contributed by atoms with Crippen LogP contribution in [0.3, 0.4) is 0 Å². The summed E-state index contributed by atoms with van der Waals surface area (Å²) in [5.41, 5.74) is 5.70. The Morgan fingerprint density at radius 3 is 2.88 bits per heavy atom. The molecular formula is C9H14N4O3. The molecule has 0 amide bonds. The molecule has 0 atom stereocenters. The predicted octanol–water partition coefficient (Wildman–Crippen LogP) is -0.321. The van der Waals surface area contributed by atoms with Gasteiger partial charge in [-0.2, -0.15) is 5.10 Å².